The van der Waals surface area contributed by atoms with E-state index in [1.165, 1.54) is 0 Å². The second-order valence-electron chi connectivity index (χ2n) is 3.01. The van der Waals surface area contributed by atoms with Gasteiger partial charge in [-0.05, 0) is 30.2 Å². The summed E-state index contributed by atoms with van der Waals surface area (Å²) in [5.41, 5.74) is 1.46. The molecule has 3 nitrogen and oxygen atoms in total. The predicted molar refractivity (Wildman–Crippen MR) is 62.2 cm³/mol. The van der Waals surface area contributed by atoms with Gasteiger partial charge in [0.15, 0.2) is 0 Å². The van der Waals surface area contributed by atoms with Gasteiger partial charge in [-0.15, -0.1) is 12.6 Å². The van der Waals surface area contributed by atoms with Gasteiger partial charge in [-0.1, -0.05) is 12.1 Å². The molecule has 0 radical (unpaired) electrons. The fraction of sp³-hybridized carbons (Fsp3) is 0.182. The minimum Gasteiger partial charge on any atom is -0.497 e. The van der Waals surface area contributed by atoms with E-state index in [2.05, 4.69) is 12.6 Å². The van der Waals surface area contributed by atoms with E-state index >= 15 is 0 Å². The number of carboxylic acid groups (broad SMARTS) is 1. The molecule has 0 heterocycles. The second kappa shape index (κ2) is 4.89. The molecule has 0 atom stereocenters. The lowest BCUT2D eigenvalue weighted by Crippen LogP contribution is -1.97. The first-order valence-corrected chi connectivity index (χ1v) is 4.78. The Morgan fingerprint density at radius 1 is 1.33 bits per heavy atom. The van der Waals surface area contributed by atoms with Gasteiger partial charge in [0, 0.05) is 0 Å². The highest BCUT2D eigenvalue weighted by Crippen LogP contribution is 2.22. The van der Waals surface area contributed by atoms with E-state index in [4.69, 9.17) is 9.84 Å². The molecule has 4 heteroatoms. The normalized spacial score (nSPS) is 11.9. The van der Waals surface area contributed by atoms with Crippen LogP contribution in [0.5, 0.6) is 5.75 Å². The smallest absolute Gasteiger partial charge is 0.342 e. The molecule has 0 saturated carbocycles. The molecule has 15 heavy (non-hydrogen) atoms. The Bertz CT molecular complexity index is 393. The molecule has 1 aromatic carbocycles. The van der Waals surface area contributed by atoms with Crippen molar-refractivity contribution in [2.75, 3.05) is 7.11 Å². The van der Waals surface area contributed by atoms with Crippen molar-refractivity contribution in [3.63, 3.8) is 0 Å². The average Bonchev–Trinajstić information content (AvgIpc) is 2.27. The van der Waals surface area contributed by atoms with Crippen molar-refractivity contribution in [2.45, 2.75) is 6.92 Å². The Kier molecular flexibility index (Phi) is 3.80. The van der Waals surface area contributed by atoms with Crippen LogP contribution in [-0.2, 0) is 4.79 Å². The van der Waals surface area contributed by atoms with Gasteiger partial charge in [-0.3, -0.25) is 0 Å². The highest BCUT2D eigenvalue weighted by molar-refractivity contribution is 7.85. The number of hydrogen-bond donors (Lipinski definition) is 2. The van der Waals surface area contributed by atoms with Gasteiger partial charge in [0.1, 0.15) is 5.75 Å². The third-order valence-corrected chi connectivity index (χ3v) is 2.61. The Morgan fingerprint density at radius 2 is 1.87 bits per heavy atom. The van der Waals surface area contributed by atoms with E-state index in [1.807, 2.05) is 0 Å². The fourth-order valence-corrected chi connectivity index (χ4v) is 1.27. The van der Waals surface area contributed by atoms with Crippen LogP contribution in [0.4, 0.5) is 0 Å². The maximum Gasteiger partial charge on any atom is 0.342 e. The largest absolute Gasteiger partial charge is 0.497 e. The molecule has 0 aliphatic heterocycles. The van der Waals surface area contributed by atoms with Crippen LogP contribution in [0.2, 0.25) is 0 Å². The third kappa shape index (κ3) is 2.76. The minimum atomic E-state index is -1.02. The summed E-state index contributed by atoms with van der Waals surface area (Å²) in [5.74, 6) is -0.283. The molecule has 0 bridgehead atoms. The Morgan fingerprint density at radius 3 is 2.27 bits per heavy atom. The molecule has 0 aliphatic rings. The van der Waals surface area contributed by atoms with Crippen LogP contribution >= 0.6 is 12.6 Å². The summed E-state index contributed by atoms with van der Waals surface area (Å²) in [4.78, 5) is 10.7. The Balaban J connectivity index is 3.07. The zero-order valence-corrected chi connectivity index (χ0v) is 9.41. The monoisotopic (exact) mass is 224 g/mol. The van der Waals surface area contributed by atoms with E-state index < -0.39 is 5.97 Å². The van der Waals surface area contributed by atoms with Gasteiger partial charge in [0.25, 0.3) is 0 Å². The SMILES string of the molecule is COc1ccc(C(C)=C(S)C(=O)O)cc1. The van der Waals surface area contributed by atoms with E-state index in [-0.39, 0.29) is 4.91 Å². The predicted octanol–water partition coefficient (Wildman–Crippen LogP) is 2.44. The van der Waals surface area contributed by atoms with Crippen molar-refractivity contribution < 1.29 is 14.6 Å². The molecule has 0 amide bonds. The quantitative estimate of drug-likeness (QED) is 0.612. The van der Waals surface area contributed by atoms with Crippen molar-refractivity contribution in [3.05, 3.63) is 34.7 Å². The summed E-state index contributed by atoms with van der Waals surface area (Å²) in [7, 11) is 1.58. The summed E-state index contributed by atoms with van der Waals surface area (Å²) in [6.45, 7) is 1.72. The molecular weight excluding hydrogens is 212 g/mol. The molecule has 1 N–H and O–H groups in total. The maximum atomic E-state index is 10.7. The Hall–Kier alpha value is -1.42. The van der Waals surface area contributed by atoms with Gasteiger partial charge in [-0.2, -0.15) is 0 Å². The van der Waals surface area contributed by atoms with Crippen LogP contribution in [0.3, 0.4) is 0 Å². The summed E-state index contributed by atoms with van der Waals surface area (Å²) >= 11 is 3.93. The van der Waals surface area contributed by atoms with Crippen molar-refractivity contribution in [1.82, 2.24) is 0 Å². The standard InChI is InChI=1S/C11H12O3S/c1-7(10(15)11(12)13)8-3-5-9(14-2)6-4-8/h3-6,15H,1-2H3,(H,12,13). The van der Waals surface area contributed by atoms with Gasteiger partial charge in [-0.25, -0.2) is 4.79 Å². The van der Waals surface area contributed by atoms with Gasteiger partial charge < -0.3 is 9.84 Å². The highest BCUT2D eigenvalue weighted by atomic mass is 32.1. The number of rotatable bonds is 3. The fourth-order valence-electron chi connectivity index (χ4n) is 1.14. The summed E-state index contributed by atoms with van der Waals surface area (Å²) in [5, 5.41) is 8.76. The van der Waals surface area contributed by atoms with E-state index in [9.17, 15) is 4.79 Å². The van der Waals surface area contributed by atoms with Gasteiger partial charge in [0.2, 0.25) is 0 Å². The van der Waals surface area contributed by atoms with Crippen molar-refractivity contribution in [2.24, 2.45) is 0 Å². The van der Waals surface area contributed by atoms with E-state index in [0.29, 0.717) is 5.57 Å². The highest BCUT2D eigenvalue weighted by Gasteiger charge is 2.07. The van der Waals surface area contributed by atoms with Crippen LogP contribution in [0, 0.1) is 0 Å². The summed E-state index contributed by atoms with van der Waals surface area (Å²) in [6, 6.07) is 7.16. The molecule has 1 aromatic rings. The van der Waals surface area contributed by atoms with Crippen LogP contribution < -0.4 is 4.74 Å². The van der Waals surface area contributed by atoms with E-state index in [0.717, 1.165) is 11.3 Å². The van der Waals surface area contributed by atoms with Crippen LogP contribution in [0.15, 0.2) is 29.2 Å². The average molecular weight is 224 g/mol. The molecule has 1 rings (SSSR count). The first kappa shape index (κ1) is 11.7. The van der Waals surface area contributed by atoms with Crippen molar-refractivity contribution in [1.29, 1.82) is 0 Å². The van der Waals surface area contributed by atoms with Crippen molar-refractivity contribution in [3.8, 4) is 5.75 Å². The lowest BCUT2D eigenvalue weighted by atomic mass is 10.1. The molecule has 0 spiro atoms. The number of aliphatic carboxylic acids is 1. The number of benzene rings is 1. The van der Waals surface area contributed by atoms with Crippen LogP contribution in [0.1, 0.15) is 12.5 Å². The molecule has 80 valence electrons. The molecule has 0 saturated heterocycles. The third-order valence-electron chi connectivity index (χ3n) is 2.08. The molecule has 0 aliphatic carbocycles. The molecule has 0 fully saturated rings. The van der Waals surface area contributed by atoms with Gasteiger partial charge in [0.05, 0.1) is 12.0 Å². The molecule has 0 aromatic heterocycles. The van der Waals surface area contributed by atoms with Crippen LogP contribution in [0.25, 0.3) is 5.57 Å². The zero-order valence-electron chi connectivity index (χ0n) is 8.52. The van der Waals surface area contributed by atoms with Crippen LogP contribution in [-0.4, -0.2) is 18.2 Å². The molecular formula is C11H12O3S. The number of allylic oxidation sites excluding steroid dienone is 1. The first-order chi connectivity index (χ1) is 7.06. The lowest BCUT2D eigenvalue weighted by Gasteiger charge is -2.05. The number of methoxy groups -OCH3 is 1. The van der Waals surface area contributed by atoms with E-state index in [1.54, 1.807) is 38.3 Å². The Labute approximate surface area is 93.8 Å². The second-order valence-corrected chi connectivity index (χ2v) is 3.45. The lowest BCUT2D eigenvalue weighted by molar-refractivity contribution is -0.131. The summed E-state index contributed by atoms with van der Waals surface area (Å²) in [6.07, 6.45) is 0. The minimum absolute atomic E-state index is 0.0557. The van der Waals surface area contributed by atoms with Gasteiger partial charge >= 0.3 is 5.97 Å². The first-order valence-electron chi connectivity index (χ1n) is 4.34. The number of thiol groups is 1. The topological polar surface area (TPSA) is 46.5 Å². The molecule has 0 unspecified atom stereocenters. The maximum absolute atomic E-state index is 10.7. The number of carboxylic acids is 1. The van der Waals surface area contributed by atoms with Crippen molar-refractivity contribution >= 4 is 24.2 Å². The zero-order chi connectivity index (χ0) is 11.4. The number of hydrogen-bond acceptors (Lipinski definition) is 3. The number of ether oxygens (including phenoxy) is 1. The summed E-state index contributed by atoms with van der Waals surface area (Å²) < 4.78 is 5.01. The number of carbonyl (C=O) groups is 1.